The fraction of sp³-hybridized carbons (Fsp3) is 0.0294. The number of hydrogen-bond donors (Lipinski definition) is 0. The van der Waals surface area contributed by atoms with Crippen molar-refractivity contribution in [1.29, 1.82) is 0 Å². The van der Waals surface area contributed by atoms with Crippen LogP contribution in [0.1, 0.15) is 44.5 Å². The normalized spacial score (nSPS) is 15.5. The van der Waals surface area contributed by atoms with E-state index in [2.05, 4.69) is 264 Å². The highest BCUT2D eigenvalue weighted by Crippen LogP contribution is 2.63. The van der Waals surface area contributed by atoms with Gasteiger partial charge in [0.05, 0.1) is 37.9 Å². The molecule has 2 nitrogen and oxygen atoms in total. The summed E-state index contributed by atoms with van der Waals surface area (Å²) in [5.41, 5.74) is 21.5. The van der Waals surface area contributed by atoms with Crippen molar-refractivity contribution in [3.05, 3.63) is 299 Å². The molecule has 2 aliphatic carbocycles. The molecule has 71 heavy (non-hydrogen) atoms. The van der Waals surface area contributed by atoms with Gasteiger partial charge in [-0.25, -0.2) is 0 Å². The first-order valence-electron chi connectivity index (χ1n) is 24.7. The third kappa shape index (κ3) is 4.96. The second kappa shape index (κ2) is 14.4. The van der Waals surface area contributed by atoms with Gasteiger partial charge in [-0.1, -0.05) is 206 Å². The van der Waals surface area contributed by atoms with Crippen molar-refractivity contribution in [1.82, 2.24) is 4.57 Å². The van der Waals surface area contributed by atoms with Gasteiger partial charge >= 0.3 is 0 Å². The molecule has 1 aliphatic heterocycles. The maximum atomic E-state index is 2.57. The summed E-state index contributed by atoms with van der Waals surface area (Å²) in [5.74, 6) is 0. The zero-order chi connectivity index (χ0) is 46.4. The number of hydrogen-bond acceptors (Lipinski definition) is 2. The molecule has 0 saturated heterocycles. The van der Waals surface area contributed by atoms with Gasteiger partial charge in [-0.05, 0) is 115 Å². The fourth-order valence-corrected chi connectivity index (χ4v) is 14.8. The van der Waals surface area contributed by atoms with Gasteiger partial charge in [0.2, 0.25) is 0 Å². The topological polar surface area (TPSA) is 8.17 Å². The maximum absolute atomic E-state index is 2.57. The average molecular weight is 919 g/mol. The van der Waals surface area contributed by atoms with Crippen LogP contribution in [0.15, 0.2) is 255 Å². The standard InChI is InChI=1S/C68H42N2S/c1-3-19-43(20-4-1)67(44-21-5-2-6-22-44)55-29-11-7-23-47(55)49-39-37-45(41-59(49)67)69(63-35-18-28-54-52-26-10-16-36-64(52)71-66(54)63)46-38-40-50-48-24-8-12-30-56(48)68(60(50)42-46)57-31-13-15-34-62(57)70-61-33-14-9-25-51(61)53-27-17-32-58(68)65(53)70/h1-42H. The highest BCUT2D eigenvalue weighted by molar-refractivity contribution is 7.26. The van der Waals surface area contributed by atoms with Gasteiger partial charge in [0, 0.05) is 37.6 Å². The van der Waals surface area contributed by atoms with E-state index in [-0.39, 0.29) is 0 Å². The molecule has 16 rings (SSSR count). The smallest absolute Gasteiger partial charge is 0.0755 e. The molecule has 13 aromatic rings. The van der Waals surface area contributed by atoms with Crippen LogP contribution in [-0.4, -0.2) is 4.57 Å². The molecule has 0 amide bonds. The van der Waals surface area contributed by atoms with E-state index in [0.29, 0.717) is 0 Å². The molecule has 3 aliphatic rings. The molecule has 3 heterocycles. The maximum Gasteiger partial charge on any atom is 0.0755 e. The third-order valence-corrected chi connectivity index (χ3v) is 17.5. The van der Waals surface area contributed by atoms with Gasteiger partial charge in [0.15, 0.2) is 0 Å². The van der Waals surface area contributed by atoms with E-state index >= 15 is 0 Å². The monoisotopic (exact) mass is 918 g/mol. The molecular formula is C68H42N2S. The molecule has 3 heteroatoms. The van der Waals surface area contributed by atoms with Crippen molar-refractivity contribution in [2.45, 2.75) is 10.8 Å². The largest absolute Gasteiger partial charge is 0.309 e. The Morgan fingerprint density at radius 2 is 0.845 bits per heavy atom. The van der Waals surface area contributed by atoms with E-state index in [4.69, 9.17) is 0 Å². The number of nitrogens with zero attached hydrogens (tertiary/aromatic N) is 2. The van der Waals surface area contributed by atoms with Crippen LogP contribution in [0.25, 0.3) is 69.9 Å². The van der Waals surface area contributed by atoms with Gasteiger partial charge in [-0.15, -0.1) is 11.3 Å². The Labute approximate surface area is 415 Å². The molecule has 0 fully saturated rings. The molecule has 11 aromatic carbocycles. The molecule has 2 aromatic heterocycles. The molecule has 0 radical (unpaired) electrons. The van der Waals surface area contributed by atoms with Crippen LogP contribution in [0.4, 0.5) is 17.1 Å². The van der Waals surface area contributed by atoms with Gasteiger partial charge in [0.25, 0.3) is 0 Å². The summed E-state index contributed by atoms with van der Waals surface area (Å²) in [6.45, 7) is 0. The van der Waals surface area contributed by atoms with Crippen molar-refractivity contribution < 1.29 is 0 Å². The lowest BCUT2D eigenvalue weighted by Gasteiger charge is -2.40. The van der Waals surface area contributed by atoms with E-state index in [9.17, 15) is 0 Å². The Kier molecular flexibility index (Phi) is 7.93. The number of para-hydroxylation sites is 3. The third-order valence-electron chi connectivity index (χ3n) is 16.3. The van der Waals surface area contributed by atoms with Crippen LogP contribution < -0.4 is 4.90 Å². The summed E-state index contributed by atoms with van der Waals surface area (Å²) in [6.07, 6.45) is 0. The van der Waals surface area contributed by atoms with Gasteiger partial charge in [0.1, 0.15) is 0 Å². The molecule has 0 bridgehead atoms. The zero-order valence-corrected chi connectivity index (χ0v) is 39.4. The number of anilines is 3. The van der Waals surface area contributed by atoms with Crippen LogP contribution >= 0.6 is 11.3 Å². The molecular weight excluding hydrogens is 877 g/mol. The van der Waals surface area contributed by atoms with Crippen molar-refractivity contribution in [2.24, 2.45) is 0 Å². The van der Waals surface area contributed by atoms with E-state index < -0.39 is 10.8 Å². The van der Waals surface area contributed by atoms with E-state index in [1.165, 1.54) is 120 Å². The minimum absolute atomic E-state index is 0.549. The molecule has 0 N–H and O–H groups in total. The molecule has 1 atom stereocenters. The number of aromatic nitrogens is 1. The Morgan fingerprint density at radius 3 is 1.56 bits per heavy atom. The summed E-state index contributed by atoms with van der Waals surface area (Å²) < 4.78 is 5.09. The van der Waals surface area contributed by atoms with Crippen molar-refractivity contribution in [2.75, 3.05) is 4.90 Å². The minimum atomic E-state index is -0.590. The fourth-order valence-electron chi connectivity index (χ4n) is 13.6. The quantitative estimate of drug-likeness (QED) is 0.167. The molecule has 1 spiro atoms. The molecule has 1 unspecified atom stereocenters. The Morgan fingerprint density at radius 1 is 0.338 bits per heavy atom. The first-order valence-corrected chi connectivity index (χ1v) is 25.5. The second-order valence-electron chi connectivity index (χ2n) is 19.4. The zero-order valence-electron chi connectivity index (χ0n) is 38.6. The lowest BCUT2D eigenvalue weighted by atomic mass is 9.65. The first-order chi connectivity index (χ1) is 35.2. The van der Waals surface area contributed by atoms with E-state index in [1.54, 1.807) is 0 Å². The van der Waals surface area contributed by atoms with E-state index in [1.807, 2.05) is 11.3 Å². The van der Waals surface area contributed by atoms with Crippen molar-refractivity contribution in [3.8, 4) is 27.9 Å². The highest BCUT2D eigenvalue weighted by Gasteiger charge is 2.51. The van der Waals surface area contributed by atoms with Crippen LogP contribution in [0.2, 0.25) is 0 Å². The second-order valence-corrected chi connectivity index (χ2v) is 20.5. The van der Waals surface area contributed by atoms with Gasteiger partial charge in [-0.2, -0.15) is 0 Å². The Balaban J connectivity index is 1.01. The summed E-state index contributed by atoms with van der Waals surface area (Å²) in [7, 11) is 0. The summed E-state index contributed by atoms with van der Waals surface area (Å²) in [5, 5.41) is 5.12. The highest BCUT2D eigenvalue weighted by atomic mass is 32.1. The number of fused-ring (bicyclic) bond motifs is 18. The SMILES string of the molecule is c1ccc(C2(c3ccccc3)c3ccccc3-c3ccc(N(c4ccc5c(c4)C4(c6ccccc6-5)c5ccccc5-n5c6ccccc6c6cccc4c65)c4cccc5c4sc4ccccc45)cc32)cc1. The van der Waals surface area contributed by atoms with Crippen molar-refractivity contribution >= 4 is 70.4 Å². The number of benzene rings is 11. The lowest BCUT2D eigenvalue weighted by molar-refractivity contribution is 0.748. The Bertz CT molecular complexity index is 4330. The van der Waals surface area contributed by atoms with Crippen LogP contribution in [0.3, 0.4) is 0 Å². The summed E-state index contributed by atoms with van der Waals surface area (Å²) >= 11 is 1.89. The van der Waals surface area contributed by atoms with Crippen LogP contribution in [0, 0.1) is 0 Å². The summed E-state index contributed by atoms with van der Waals surface area (Å²) in [4.78, 5) is 2.57. The van der Waals surface area contributed by atoms with Gasteiger partial charge < -0.3 is 9.47 Å². The minimum Gasteiger partial charge on any atom is -0.309 e. The molecule has 0 saturated carbocycles. The van der Waals surface area contributed by atoms with E-state index in [0.717, 1.165) is 11.4 Å². The summed E-state index contributed by atoms with van der Waals surface area (Å²) in [6, 6.07) is 96.2. The lowest BCUT2D eigenvalue weighted by Crippen LogP contribution is -2.33. The average Bonchev–Trinajstić information content (AvgIpc) is 4.17. The van der Waals surface area contributed by atoms with Gasteiger partial charge in [-0.3, -0.25) is 0 Å². The van der Waals surface area contributed by atoms with Crippen LogP contribution in [0.5, 0.6) is 0 Å². The first kappa shape index (κ1) is 39.1. The predicted octanol–water partition coefficient (Wildman–Crippen LogP) is 17.7. The number of rotatable bonds is 5. The molecule has 330 valence electrons. The Hall–Kier alpha value is -8.76. The number of thiophene rings is 1. The van der Waals surface area contributed by atoms with Crippen LogP contribution in [-0.2, 0) is 10.8 Å². The van der Waals surface area contributed by atoms with Crippen molar-refractivity contribution in [3.63, 3.8) is 0 Å². The predicted molar refractivity (Wildman–Crippen MR) is 297 cm³/mol.